The Balaban J connectivity index is 1.54. The van der Waals surface area contributed by atoms with E-state index in [4.69, 9.17) is 4.84 Å². The summed E-state index contributed by atoms with van der Waals surface area (Å²) in [5.74, 6) is 1.19. The Bertz CT molecular complexity index is 1150. The number of fused-ring (bicyclic) bond motifs is 1. The molecule has 0 spiro atoms. The van der Waals surface area contributed by atoms with Crippen LogP contribution in [0.15, 0.2) is 51.6 Å². The molecule has 6 nitrogen and oxygen atoms in total. The molecule has 37 heavy (non-hydrogen) atoms. The Hall–Kier alpha value is -2.61. The van der Waals surface area contributed by atoms with Gasteiger partial charge < -0.3 is 9.40 Å². The highest BCUT2D eigenvalue weighted by Gasteiger charge is 2.30. The molecule has 0 bridgehead atoms. The molecule has 0 amide bonds. The first-order valence-electron chi connectivity index (χ1n) is 13.8. The standard InChI is InChI=1S/C29H39FN4O2S/c1-3-5-7-8-9-14-27-33(19-10-6-4-2)26(32-36-27)20-34-25-13-11-12-24(25)28(35)31-29(34)37-21-22-15-17-23(30)18-16-22/h10,15-19,27H,3-9,11-14,20-21H2,1-2H3. The molecule has 1 aromatic heterocycles. The maximum Gasteiger partial charge on any atom is 0.277 e. The molecule has 8 heteroatoms. The quantitative estimate of drug-likeness (QED) is 0.154. The maximum atomic E-state index is 13.4. The Morgan fingerprint density at radius 3 is 2.70 bits per heavy atom. The molecule has 0 fully saturated rings. The molecule has 0 N–H and O–H groups in total. The number of rotatable bonds is 14. The molecule has 1 aliphatic heterocycles. The summed E-state index contributed by atoms with van der Waals surface area (Å²) in [5, 5.41) is 5.20. The number of aromatic nitrogens is 2. The molecule has 2 aromatic rings. The monoisotopic (exact) mass is 526 g/mol. The van der Waals surface area contributed by atoms with Gasteiger partial charge in [-0.15, -0.1) is 0 Å². The summed E-state index contributed by atoms with van der Waals surface area (Å²) in [6.07, 6.45) is 15.9. The first kappa shape index (κ1) is 27.4. The van der Waals surface area contributed by atoms with E-state index in [0.717, 1.165) is 67.6 Å². The molecular formula is C29H39FN4O2S. The Morgan fingerprint density at radius 1 is 1.11 bits per heavy atom. The number of hydrogen-bond acceptors (Lipinski definition) is 6. The van der Waals surface area contributed by atoms with Crippen LogP contribution in [0.1, 0.15) is 88.5 Å². The molecule has 0 radical (unpaired) electrons. The summed E-state index contributed by atoms with van der Waals surface area (Å²) in [5.41, 5.74) is 2.75. The third kappa shape index (κ3) is 7.24. The van der Waals surface area contributed by atoms with Crippen LogP contribution in [0.4, 0.5) is 4.39 Å². The SMILES string of the molecule is CCCC=CN1C(Cn2c(SCc3ccc(F)cc3)nc(=O)c3c2CCC3)=NOC1CCCCCCC. The topological polar surface area (TPSA) is 59.7 Å². The second-order valence-electron chi connectivity index (χ2n) is 9.83. The molecule has 1 aliphatic carbocycles. The summed E-state index contributed by atoms with van der Waals surface area (Å²) in [6, 6.07) is 6.48. The van der Waals surface area contributed by atoms with E-state index in [1.807, 2.05) is 0 Å². The van der Waals surface area contributed by atoms with Crippen molar-refractivity contribution in [3.8, 4) is 0 Å². The van der Waals surface area contributed by atoms with Gasteiger partial charge in [-0.25, -0.2) is 4.39 Å². The van der Waals surface area contributed by atoms with E-state index >= 15 is 0 Å². The largest absolute Gasteiger partial charge is 0.368 e. The normalized spacial score (nSPS) is 16.9. The number of oxime groups is 1. The lowest BCUT2D eigenvalue weighted by molar-refractivity contribution is 0.0198. The minimum Gasteiger partial charge on any atom is -0.368 e. The highest BCUT2D eigenvalue weighted by molar-refractivity contribution is 7.98. The molecule has 1 atom stereocenters. The minimum atomic E-state index is -0.253. The zero-order valence-corrected chi connectivity index (χ0v) is 22.9. The van der Waals surface area contributed by atoms with Gasteiger partial charge in [0, 0.05) is 29.6 Å². The number of thioether (sulfide) groups is 1. The van der Waals surface area contributed by atoms with E-state index in [1.165, 1.54) is 49.6 Å². The first-order chi connectivity index (χ1) is 18.1. The van der Waals surface area contributed by atoms with Crippen LogP contribution in [0, 0.1) is 5.82 Å². The zero-order chi connectivity index (χ0) is 26.0. The number of allylic oxidation sites excluding steroid dienone is 1. The Labute approximate surface area is 224 Å². The molecule has 2 heterocycles. The lowest BCUT2D eigenvalue weighted by Gasteiger charge is -2.24. The summed E-state index contributed by atoms with van der Waals surface area (Å²) < 4.78 is 15.5. The highest BCUT2D eigenvalue weighted by atomic mass is 32.2. The number of hydrogen-bond donors (Lipinski definition) is 0. The fraction of sp³-hybridized carbons (Fsp3) is 0.552. The average molecular weight is 527 g/mol. The van der Waals surface area contributed by atoms with E-state index in [9.17, 15) is 9.18 Å². The van der Waals surface area contributed by atoms with Crippen molar-refractivity contribution in [1.82, 2.24) is 14.5 Å². The molecular weight excluding hydrogens is 487 g/mol. The van der Waals surface area contributed by atoms with E-state index in [1.54, 1.807) is 12.1 Å². The Morgan fingerprint density at radius 2 is 1.92 bits per heavy atom. The average Bonchev–Trinajstić information content (AvgIpc) is 3.54. The van der Waals surface area contributed by atoms with Gasteiger partial charge in [0.05, 0.1) is 6.54 Å². The number of unbranched alkanes of at least 4 members (excludes halogenated alkanes) is 5. The number of benzene rings is 1. The predicted molar refractivity (Wildman–Crippen MR) is 148 cm³/mol. The van der Waals surface area contributed by atoms with Crippen LogP contribution in [-0.4, -0.2) is 26.5 Å². The second-order valence-corrected chi connectivity index (χ2v) is 10.8. The van der Waals surface area contributed by atoms with Gasteiger partial charge in [0.1, 0.15) is 5.82 Å². The maximum absolute atomic E-state index is 13.4. The first-order valence-corrected chi connectivity index (χ1v) is 14.8. The van der Waals surface area contributed by atoms with Crippen LogP contribution in [0.2, 0.25) is 0 Å². The lowest BCUT2D eigenvalue weighted by atomic mass is 10.1. The molecule has 0 saturated heterocycles. The second kappa shape index (κ2) is 13.8. The van der Waals surface area contributed by atoms with Gasteiger partial charge in [-0.3, -0.25) is 9.69 Å². The predicted octanol–water partition coefficient (Wildman–Crippen LogP) is 6.81. The number of halogens is 1. The van der Waals surface area contributed by atoms with Gasteiger partial charge in [-0.05, 0) is 49.8 Å². The van der Waals surface area contributed by atoms with Gasteiger partial charge in [-0.2, -0.15) is 4.98 Å². The van der Waals surface area contributed by atoms with Crippen molar-refractivity contribution in [2.45, 2.75) is 108 Å². The van der Waals surface area contributed by atoms with Crippen LogP contribution in [0.25, 0.3) is 0 Å². The smallest absolute Gasteiger partial charge is 0.277 e. The molecule has 1 unspecified atom stereocenters. The molecule has 0 saturated carbocycles. The third-order valence-corrected chi connectivity index (χ3v) is 7.99. The molecule has 4 rings (SSSR count). The van der Waals surface area contributed by atoms with Crippen LogP contribution in [0.3, 0.4) is 0 Å². The van der Waals surface area contributed by atoms with Gasteiger partial charge in [0.25, 0.3) is 5.56 Å². The summed E-state index contributed by atoms with van der Waals surface area (Å²) in [6.45, 7) is 4.91. The zero-order valence-electron chi connectivity index (χ0n) is 22.1. The lowest BCUT2D eigenvalue weighted by Crippen LogP contribution is -2.35. The van der Waals surface area contributed by atoms with Crippen LogP contribution >= 0.6 is 11.8 Å². The van der Waals surface area contributed by atoms with Crippen molar-refractivity contribution in [3.63, 3.8) is 0 Å². The van der Waals surface area contributed by atoms with Crippen molar-refractivity contribution in [2.75, 3.05) is 0 Å². The third-order valence-electron chi connectivity index (χ3n) is 6.95. The van der Waals surface area contributed by atoms with Crippen LogP contribution in [-0.2, 0) is 30.0 Å². The van der Waals surface area contributed by atoms with Crippen molar-refractivity contribution in [3.05, 3.63) is 69.5 Å². The van der Waals surface area contributed by atoms with Gasteiger partial charge >= 0.3 is 0 Å². The molecule has 2 aliphatic rings. The number of amidine groups is 1. The number of nitrogens with zero attached hydrogens (tertiary/aromatic N) is 4. The highest BCUT2D eigenvalue weighted by Crippen LogP contribution is 2.28. The van der Waals surface area contributed by atoms with Crippen LogP contribution < -0.4 is 5.56 Å². The van der Waals surface area contributed by atoms with Gasteiger partial charge in [0.2, 0.25) is 6.23 Å². The van der Waals surface area contributed by atoms with E-state index in [-0.39, 0.29) is 17.6 Å². The van der Waals surface area contributed by atoms with Crippen LogP contribution in [0.5, 0.6) is 0 Å². The fourth-order valence-electron chi connectivity index (χ4n) is 4.88. The van der Waals surface area contributed by atoms with Gasteiger partial charge in [-0.1, -0.05) is 81.1 Å². The van der Waals surface area contributed by atoms with E-state index in [0.29, 0.717) is 17.5 Å². The fourth-order valence-corrected chi connectivity index (χ4v) is 5.84. The Kier molecular flexibility index (Phi) is 10.2. The summed E-state index contributed by atoms with van der Waals surface area (Å²) in [7, 11) is 0. The summed E-state index contributed by atoms with van der Waals surface area (Å²) in [4.78, 5) is 25.4. The molecule has 200 valence electrons. The van der Waals surface area contributed by atoms with Crippen molar-refractivity contribution in [2.24, 2.45) is 5.16 Å². The van der Waals surface area contributed by atoms with E-state index in [2.05, 4.69) is 45.7 Å². The van der Waals surface area contributed by atoms with E-state index < -0.39 is 0 Å². The summed E-state index contributed by atoms with van der Waals surface area (Å²) >= 11 is 1.51. The minimum absolute atomic E-state index is 0.0968. The van der Waals surface area contributed by atoms with Crippen molar-refractivity contribution in [1.29, 1.82) is 0 Å². The van der Waals surface area contributed by atoms with Crippen molar-refractivity contribution >= 4 is 17.6 Å². The molecule has 1 aromatic carbocycles. The van der Waals surface area contributed by atoms with Crippen molar-refractivity contribution < 1.29 is 9.23 Å². The van der Waals surface area contributed by atoms with Gasteiger partial charge in [0.15, 0.2) is 11.0 Å².